The summed E-state index contributed by atoms with van der Waals surface area (Å²) in [7, 11) is 0. The van der Waals surface area contributed by atoms with Crippen LogP contribution in [0.15, 0.2) is 67.3 Å². The Morgan fingerprint density at radius 3 is 2.00 bits per heavy atom. The monoisotopic (exact) mass is 337 g/mol. The van der Waals surface area contributed by atoms with Gasteiger partial charge in [0.25, 0.3) is 11.8 Å². The molecule has 1 aliphatic rings. The molecule has 0 spiro atoms. The third kappa shape index (κ3) is 2.89. The molecule has 2 atom stereocenters. The number of ether oxygens (including phenoxy) is 1. The molecule has 0 aliphatic carbocycles. The lowest BCUT2D eigenvalue weighted by atomic mass is 10.1. The first-order valence-electron chi connectivity index (χ1n) is 7.58. The zero-order chi connectivity index (χ0) is 18.0. The van der Waals surface area contributed by atoms with Crippen molar-refractivity contribution in [2.45, 2.75) is 12.1 Å². The van der Waals surface area contributed by atoms with Gasteiger partial charge in [-0.05, 0) is 30.3 Å². The lowest BCUT2D eigenvalue weighted by molar-refractivity contribution is -0.143. The highest BCUT2D eigenvalue weighted by Crippen LogP contribution is 2.27. The molecule has 2 aromatic carbocycles. The standard InChI is InChI=1S/C19H15NO5/c1-2-15(25-12-8-4-3-5-9-12)16(19(23)24)20-17(21)13-10-6-7-11-14(13)18(20)22/h2-11,15-16H,1H2,(H,23,24)/t15-,16+/m0/s1. The van der Waals surface area contributed by atoms with E-state index in [1.54, 1.807) is 42.5 Å². The van der Waals surface area contributed by atoms with E-state index in [-0.39, 0.29) is 11.1 Å². The zero-order valence-corrected chi connectivity index (χ0v) is 13.2. The molecule has 1 aliphatic heterocycles. The quantitative estimate of drug-likeness (QED) is 0.646. The van der Waals surface area contributed by atoms with Gasteiger partial charge in [0.05, 0.1) is 11.1 Å². The van der Waals surface area contributed by atoms with E-state index >= 15 is 0 Å². The molecule has 2 amide bonds. The molecule has 0 aromatic heterocycles. The van der Waals surface area contributed by atoms with Crippen LogP contribution in [0.25, 0.3) is 0 Å². The minimum atomic E-state index is -1.52. The molecule has 126 valence electrons. The van der Waals surface area contributed by atoms with Crippen LogP contribution in [0, 0.1) is 0 Å². The number of amides is 2. The van der Waals surface area contributed by atoms with E-state index in [4.69, 9.17) is 4.74 Å². The van der Waals surface area contributed by atoms with E-state index in [0.717, 1.165) is 4.90 Å². The number of carbonyl (C=O) groups excluding carboxylic acids is 2. The van der Waals surface area contributed by atoms with Gasteiger partial charge in [-0.15, -0.1) is 0 Å². The van der Waals surface area contributed by atoms with E-state index < -0.39 is 29.9 Å². The molecule has 0 saturated heterocycles. The molecule has 6 nitrogen and oxygen atoms in total. The SMILES string of the molecule is C=C[C@H](Oc1ccccc1)[C@H](C(=O)O)N1C(=O)c2ccccc2C1=O. The summed E-state index contributed by atoms with van der Waals surface area (Å²) in [6.07, 6.45) is 0.178. The summed E-state index contributed by atoms with van der Waals surface area (Å²) in [6.45, 7) is 3.59. The molecule has 0 unspecified atom stereocenters. The topological polar surface area (TPSA) is 83.9 Å². The van der Waals surface area contributed by atoms with Crippen LogP contribution in [0.5, 0.6) is 5.75 Å². The van der Waals surface area contributed by atoms with Crippen LogP contribution in [0.3, 0.4) is 0 Å². The first kappa shape index (κ1) is 16.4. The number of nitrogens with zero attached hydrogens (tertiary/aromatic N) is 1. The molecule has 0 radical (unpaired) electrons. The second-order valence-corrected chi connectivity index (χ2v) is 5.44. The summed E-state index contributed by atoms with van der Waals surface area (Å²) < 4.78 is 5.65. The number of hydrogen-bond acceptors (Lipinski definition) is 4. The van der Waals surface area contributed by atoms with Crippen molar-refractivity contribution >= 4 is 17.8 Å². The minimum absolute atomic E-state index is 0.182. The van der Waals surface area contributed by atoms with E-state index in [1.165, 1.54) is 18.2 Å². The fourth-order valence-corrected chi connectivity index (χ4v) is 2.76. The van der Waals surface area contributed by atoms with Gasteiger partial charge in [-0.3, -0.25) is 14.5 Å². The predicted molar refractivity (Wildman–Crippen MR) is 89.4 cm³/mol. The van der Waals surface area contributed by atoms with E-state index in [9.17, 15) is 19.5 Å². The largest absolute Gasteiger partial charge is 0.484 e. The highest BCUT2D eigenvalue weighted by atomic mass is 16.5. The summed E-state index contributed by atoms with van der Waals surface area (Å²) >= 11 is 0. The van der Waals surface area contributed by atoms with Gasteiger partial charge in [0.15, 0.2) is 6.04 Å². The van der Waals surface area contributed by atoms with Crippen LogP contribution >= 0.6 is 0 Å². The molecule has 25 heavy (non-hydrogen) atoms. The van der Waals surface area contributed by atoms with Crippen molar-refractivity contribution < 1.29 is 24.2 Å². The molecule has 0 saturated carbocycles. The zero-order valence-electron chi connectivity index (χ0n) is 13.2. The number of para-hydroxylation sites is 1. The van der Waals surface area contributed by atoms with Crippen LogP contribution in [-0.2, 0) is 4.79 Å². The number of imide groups is 1. The number of carboxylic acids is 1. The van der Waals surface area contributed by atoms with Gasteiger partial charge in [0, 0.05) is 0 Å². The number of hydrogen-bond donors (Lipinski definition) is 1. The van der Waals surface area contributed by atoms with Crippen molar-refractivity contribution in [2.24, 2.45) is 0 Å². The molecule has 1 heterocycles. The maximum atomic E-state index is 12.6. The lowest BCUT2D eigenvalue weighted by Gasteiger charge is -2.28. The average molecular weight is 337 g/mol. The second-order valence-electron chi connectivity index (χ2n) is 5.44. The highest BCUT2D eigenvalue weighted by molar-refractivity contribution is 6.22. The average Bonchev–Trinajstić information content (AvgIpc) is 2.87. The fraction of sp³-hybridized carbons (Fsp3) is 0.105. The summed E-state index contributed by atoms with van der Waals surface area (Å²) in [5, 5.41) is 9.65. The minimum Gasteiger partial charge on any atom is -0.484 e. The Morgan fingerprint density at radius 1 is 1.00 bits per heavy atom. The molecule has 6 heteroatoms. The van der Waals surface area contributed by atoms with Crippen molar-refractivity contribution in [3.8, 4) is 5.75 Å². The van der Waals surface area contributed by atoms with E-state index in [2.05, 4.69) is 6.58 Å². The molecule has 1 N–H and O–H groups in total. The van der Waals surface area contributed by atoms with Crippen LogP contribution < -0.4 is 4.74 Å². The van der Waals surface area contributed by atoms with Crippen LogP contribution in [0.1, 0.15) is 20.7 Å². The highest BCUT2D eigenvalue weighted by Gasteiger charge is 2.46. The summed E-state index contributed by atoms with van der Waals surface area (Å²) in [5.74, 6) is -2.25. The van der Waals surface area contributed by atoms with Crippen LogP contribution in [-0.4, -0.2) is 39.9 Å². The first-order valence-corrected chi connectivity index (χ1v) is 7.58. The van der Waals surface area contributed by atoms with Gasteiger partial charge in [-0.2, -0.15) is 0 Å². The van der Waals surface area contributed by atoms with Crippen LogP contribution in [0.4, 0.5) is 0 Å². The summed E-state index contributed by atoms with van der Waals surface area (Å²) in [6, 6.07) is 13.3. The smallest absolute Gasteiger partial charge is 0.331 e. The molecule has 0 bridgehead atoms. The number of carboxylic acid groups (broad SMARTS) is 1. The number of fused-ring (bicyclic) bond motifs is 1. The summed E-state index contributed by atoms with van der Waals surface area (Å²) in [4.78, 5) is 37.7. The molecule has 3 rings (SSSR count). The number of aliphatic carboxylic acids is 1. The van der Waals surface area contributed by atoms with Gasteiger partial charge in [0.1, 0.15) is 11.9 Å². The maximum Gasteiger partial charge on any atom is 0.331 e. The predicted octanol–water partition coefficient (Wildman–Crippen LogP) is 2.37. The van der Waals surface area contributed by atoms with Gasteiger partial charge in [-0.25, -0.2) is 4.79 Å². The van der Waals surface area contributed by atoms with E-state index in [1.807, 2.05) is 0 Å². The van der Waals surface area contributed by atoms with Crippen molar-refractivity contribution in [2.75, 3.05) is 0 Å². The fourth-order valence-electron chi connectivity index (χ4n) is 2.76. The maximum absolute atomic E-state index is 12.6. The lowest BCUT2D eigenvalue weighted by Crippen LogP contribution is -2.52. The van der Waals surface area contributed by atoms with Crippen molar-refractivity contribution in [1.29, 1.82) is 0 Å². The second kappa shape index (κ2) is 6.60. The van der Waals surface area contributed by atoms with Crippen molar-refractivity contribution in [3.63, 3.8) is 0 Å². The summed E-state index contributed by atoms with van der Waals surface area (Å²) in [5.41, 5.74) is 0.363. The number of rotatable bonds is 6. The molecular formula is C19H15NO5. The third-order valence-electron chi connectivity index (χ3n) is 3.92. The Morgan fingerprint density at radius 2 is 1.52 bits per heavy atom. The molecule has 0 fully saturated rings. The first-order chi connectivity index (χ1) is 12.0. The Bertz CT molecular complexity index is 811. The van der Waals surface area contributed by atoms with E-state index in [0.29, 0.717) is 5.75 Å². The molecular weight excluding hydrogens is 322 g/mol. The Hall–Kier alpha value is -3.41. The molecule has 2 aromatic rings. The normalized spacial score (nSPS) is 15.4. The van der Waals surface area contributed by atoms with Crippen LogP contribution in [0.2, 0.25) is 0 Å². The van der Waals surface area contributed by atoms with Gasteiger partial charge < -0.3 is 9.84 Å². The van der Waals surface area contributed by atoms with Gasteiger partial charge in [-0.1, -0.05) is 36.9 Å². The Balaban J connectivity index is 1.96. The van der Waals surface area contributed by atoms with Gasteiger partial charge >= 0.3 is 5.97 Å². The van der Waals surface area contributed by atoms with Crippen molar-refractivity contribution in [1.82, 2.24) is 4.90 Å². The number of benzene rings is 2. The number of carbonyl (C=O) groups is 3. The van der Waals surface area contributed by atoms with Crippen molar-refractivity contribution in [3.05, 3.63) is 78.4 Å². The van der Waals surface area contributed by atoms with Gasteiger partial charge in [0.2, 0.25) is 0 Å². The Labute approximate surface area is 143 Å². The Kier molecular flexibility index (Phi) is 4.35. The third-order valence-corrected chi connectivity index (χ3v) is 3.92.